The average molecular weight is 299 g/mol. The fraction of sp³-hybridized carbons (Fsp3) is 0.571. The van der Waals surface area contributed by atoms with E-state index in [4.69, 9.17) is 0 Å². The summed E-state index contributed by atoms with van der Waals surface area (Å²) in [6, 6.07) is 7.40. The summed E-state index contributed by atoms with van der Waals surface area (Å²) >= 11 is 1.99. The molecule has 2 rings (SSSR count). The van der Waals surface area contributed by atoms with Crippen molar-refractivity contribution in [3.8, 4) is 0 Å². The van der Waals surface area contributed by atoms with Gasteiger partial charge in [0.1, 0.15) is 0 Å². The second-order valence-corrected chi connectivity index (χ2v) is 8.37. The first-order chi connectivity index (χ1) is 9.08. The first-order valence-corrected chi connectivity index (χ1v) is 9.47. The lowest BCUT2D eigenvalue weighted by molar-refractivity contribution is 0.596. The maximum atomic E-state index is 12.2. The van der Waals surface area contributed by atoms with Crippen molar-refractivity contribution in [2.24, 2.45) is 0 Å². The van der Waals surface area contributed by atoms with Gasteiger partial charge in [-0.05, 0) is 18.6 Å². The van der Waals surface area contributed by atoms with Crippen LogP contribution in [0.5, 0.6) is 0 Å². The Labute approximate surface area is 120 Å². The van der Waals surface area contributed by atoms with Gasteiger partial charge in [0.15, 0.2) is 9.84 Å². The normalized spacial score (nSPS) is 20.5. The van der Waals surface area contributed by atoms with Crippen molar-refractivity contribution in [1.29, 1.82) is 0 Å². The van der Waals surface area contributed by atoms with Crippen molar-refractivity contribution in [1.82, 2.24) is 0 Å². The summed E-state index contributed by atoms with van der Waals surface area (Å²) in [6.45, 7) is 5.76. The van der Waals surface area contributed by atoms with Gasteiger partial charge in [0.2, 0.25) is 0 Å². The first kappa shape index (κ1) is 14.7. The molecule has 0 radical (unpaired) electrons. The van der Waals surface area contributed by atoms with Crippen LogP contribution in [0.4, 0.5) is 5.69 Å². The van der Waals surface area contributed by atoms with Crippen LogP contribution in [-0.2, 0) is 9.84 Å². The average Bonchev–Trinajstić information content (AvgIpc) is 2.47. The summed E-state index contributed by atoms with van der Waals surface area (Å²) in [5.41, 5.74) is 0.878. The molecule has 0 spiro atoms. The van der Waals surface area contributed by atoms with Crippen LogP contribution >= 0.6 is 11.8 Å². The number of hydrogen-bond acceptors (Lipinski definition) is 4. The van der Waals surface area contributed by atoms with Crippen LogP contribution < -0.4 is 4.90 Å². The molecule has 106 valence electrons. The zero-order valence-electron chi connectivity index (χ0n) is 11.5. The minimum Gasteiger partial charge on any atom is -0.369 e. The zero-order valence-corrected chi connectivity index (χ0v) is 13.1. The smallest absolute Gasteiger partial charge is 0.180 e. The molecule has 1 atom stereocenters. The molecule has 5 heteroatoms. The van der Waals surface area contributed by atoms with Gasteiger partial charge >= 0.3 is 0 Å². The highest BCUT2D eigenvalue weighted by Gasteiger charge is 2.24. The SMILES string of the molecule is CCC1CN(c2ccccc2S(=O)(=O)CC)CCS1. The number of thioether (sulfide) groups is 1. The van der Waals surface area contributed by atoms with Crippen LogP contribution in [-0.4, -0.2) is 38.3 Å². The van der Waals surface area contributed by atoms with Gasteiger partial charge in [-0.15, -0.1) is 0 Å². The number of rotatable bonds is 4. The highest BCUT2D eigenvalue weighted by atomic mass is 32.2. The van der Waals surface area contributed by atoms with Gasteiger partial charge in [0, 0.05) is 24.1 Å². The molecule has 1 heterocycles. The fourth-order valence-corrected chi connectivity index (χ4v) is 4.61. The summed E-state index contributed by atoms with van der Waals surface area (Å²) < 4.78 is 24.4. The number of benzene rings is 1. The fourth-order valence-electron chi connectivity index (χ4n) is 2.32. The lowest BCUT2D eigenvalue weighted by Crippen LogP contribution is -2.38. The molecule has 1 aliphatic rings. The van der Waals surface area contributed by atoms with Gasteiger partial charge < -0.3 is 4.90 Å². The predicted octanol–water partition coefficient (Wildman–Crippen LogP) is 2.81. The van der Waals surface area contributed by atoms with Crippen LogP contribution in [0.1, 0.15) is 20.3 Å². The van der Waals surface area contributed by atoms with Crippen LogP contribution in [0.3, 0.4) is 0 Å². The third-order valence-corrected chi connectivity index (χ3v) is 6.66. The lowest BCUT2D eigenvalue weighted by Gasteiger charge is -2.34. The maximum absolute atomic E-state index is 12.2. The largest absolute Gasteiger partial charge is 0.369 e. The Balaban J connectivity index is 2.35. The van der Waals surface area contributed by atoms with Gasteiger partial charge in [-0.2, -0.15) is 11.8 Å². The van der Waals surface area contributed by atoms with Crippen LogP contribution in [0, 0.1) is 0 Å². The van der Waals surface area contributed by atoms with Crippen molar-refractivity contribution in [3.05, 3.63) is 24.3 Å². The highest BCUT2D eigenvalue weighted by Crippen LogP contribution is 2.30. The monoisotopic (exact) mass is 299 g/mol. The Morgan fingerprint density at radius 3 is 2.74 bits per heavy atom. The molecule has 1 aliphatic heterocycles. The third-order valence-electron chi connectivity index (χ3n) is 3.52. The standard InChI is InChI=1S/C14H21NO2S2/c1-3-12-11-15(9-10-18-12)13-7-5-6-8-14(13)19(16,17)4-2/h5-8,12H,3-4,9-11H2,1-2H3. The van der Waals surface area contributed by atoms with Crippen LogP contribution in [0.2, 0.25) is 0 Å². The molecule has 0 saturated carbocycles. The number of hydrogen-bond donors (Lipinski definition) is 0. The second kappa shape index (κ2) is 6.18. The van der Waals surface area contributed by atoms with Crippen molar-refractivity contribution in [2.75, 3.05) is 29.5 Å². The van der Waals surface area contributed by atoms with E-state index in [1.807, 2.05) is 30.0 Å². The Hall–Kier alpha value is -0.680. The Kier molecular flexibility index (Phi) is 4.79. The first-order valence-electron chi connectivity index (χ1n) is 6.76. The van der Waals surface area contributed by atoms with Crippen molar-refractivity contribution in [3.63, 3.8) is 0 Å². The highest BCUT2D eigenvalue weighted by molar-refractivity contribution is 8.00. The van der Waals surface area contributed by atoms with Gasteiger partial charge in [-0.25, -0.2) is 8.42 Å². The number of anilines is 1. The Morgan fingerprint density at radius 2 is 2.05 bits per heavy atom. The van der Waals surface area contributed by atoms with Gasteiger partial charge in [0.25, 0.3) is 0 Å². The van der Waals surface area contributed by atoms with Crippen molar-refractivity contribution in [2.45, 2.75) is 30.4 Å². The predicted molar refractivity (Wildman–Crippen MR) is 82.9 cm³/mol. The van der Waals surface area contributed by atoms with Gasteiger partial charge in [-0.1, -0.05) is 26.0 Å². The zero-order chi connectivity index (χ0) is 13.9. The summed E-state index contributed by atoms with van der Waals surface area (Å²) in [4.78, 5) is 2.71. The van der Waals surface area contributed by atoms with E-state index in [1.165, 1.54) is 0 Å². The number of nitrogens with zero attached hydrogens (tertiary/aromatic N) is 1. The molecule has 0 N–H and O–H groups in total. The third kappa shape index (κ3) is 3.26. The van der Waals surface area contributed by atoms with E-state index in [2.05, 4.69) is 11.8 Å². The number of para-hydroxylation sites is 1. The van der Waals surface area contributed by atoms with E-state index in [0.717, 1.165) is 31.0 Å². The Morgan fingerprint density at radius 1 is 1.32 bits per heavy atom. The molecular weight excluding hydrogens is 278 g/mol. The summed E-state index contributed by atoms with van der Waals surface area (Å²) in [7, 11) is -3.15. The molecule has 1 aromatic rings. The van der Waals surface area contributed by atoms with E-state index >= 15 is 0 Å². The summed E-state index contributed by atoms with van der Waals surface area (Å²) in [5.74, 6) is 1.23. The molecule has 0 aliphatic carbocycles. The molecule has 1 fully saturated rings. The number of sulfone groups is 1. The van der Waals surface area contributed by atoms with Gasteiger partial charge in [0.05, 0.1) is 16.3 Å². The van der Waals surface area contributed by atoms with Gasteiger partial charge in [-0.3, -0.25) is 0 Å². The van der Waals surface area contributed by atoms with E-state index < -0.39 is 9.84 Å². The quantitative estimate of drug-likeness (QED) is 0.857. The molecule has 1 aromatic carbocycles. The molecule has 1 unspecified atom stereocenters. The summed E-state index contributed by atoms with van der Waals surface area (Å²) in [5, 5.41) is 0.603. The molecule has 0 aromatic heterocycles. The van der Waals surface area contributed by atoms with Crippen molar-refractivity contribution >= 4 is 27.3 Å². The van der Waals surface area contributed by atoms with E-state index in [1.54, 1.807) is 13.0 Å². The van der Waals surface area contributed by atoms with E-state index in [9.17, 15) is 8.42 Å². The molecule has 0 bridgehead atoms. The Bertz CT molecular complexity index is 528. The minimum atomic E-state index is -3.15. The molecule has 0 amide bonds. The topological polar surface area (TPSA) is 37.4 Å². The van der Waals surface area contributed by atoms with Crippen molar-refractivity contribution < 1.29 is 8.42 Å². The molecule has 1 saturated heterocycles. The summed E-state index contributed by atoms with van der Waals surface area (Å²) in [6.07, 6.45) is 1.13. The molecule has 3 nitrogen and oxygen atoms in total. The molecule has 19 heavy (non-hydrogen) atoms. The van der Waals surface area contributed by atoms with E-state index in [-0.39, 0.29) is 5.75 Å². The second-order valence-electron chi connectivity index (χ2n) is 4.72. The minimum absolute atomic E-state index is 0.157. The van der Waals surface area contributed by atoms with Crippen LogP contribution in [0.15, 0.2) is 29.2 Å². The molecular formula is C14H21NO2S2. The maximum Gasteiger partial charge on any atom is 0.180 e. The van der Waals surface area contributed by atoms with Crippen LogP contribution in [0.25, 0.3) is 0 Å². The lowest BCUT2D eigenvalue weighted by atomic mass is 10.2. The van der Waals surface area contributed by atoms with E-state index in [0.29, 0.717) is 10.1 Å².